The Morgan fingerprint density at radius 2 is 1.52 bits per heavy atom. The summed E-state index contributed by atoms with van der Waals surface area (Å²) in [7, 11) is 0. The van der Waals surface area contributed by atoms with Crippen LogP contribution in [0.3, 0.4) is 0 Å². The van der Waals surface area contributed by atoms with E-state index in [1.807, 2.05) is 31.2 Å². The van der Waals surface area contributed by atoms with Crippen LogP contribution in [0.4, 0.5) is 10.5 Å². The number of carbonyl (C=O) groups excluding carboxylic acids is 1. The minimum Gasteiger partial charge on any atom is -0.449 e. The molecule has 3 heteroatoms. The molecule has 0 atom stereocenters. The summed E-state index contributed by atoms with van der Waals surface area (Å²) in [6.07, 6.45) is 10.7. The zero-order valence-electron chi connectivity index (χ0n) is 19.8. The summed E-state index contributed by atoms with van der Waals surface area (Å²) in [5.74, 6) is 0. The van der Waals surface area contributed by atoms with Gasteiger partial charge in [-0.05, 0) is 71.8 Å². The normalized spacial score (nSPS) is 12.0. The number of nitrogens with zero attached hydrogens (tertiary/aromatic N) is 1. The minimum atomic E-state index is -0.307. The van der Waals surface area contributed by atoms with E-state index in [-0.39, 0.29) is 6.09 Å². The Balaban J connectivity index is 2.07. The van der Waals surface area contributed by atoms with Crippen LogP contribution in [-0.2, 0) is 4.74 Å². The van der Waals surface area contributed by atoms with Gasteiger partial charge in [0.25, 0.3) is 0 Å². The quantitative estimate of drug-likeness (QED) is 0.363. The zero-order chi connectivity index (χ0) is 22.6. The van der Waals surface area contributed by atoms with Gasteiger partial charge in [0.1, 0.15) is 0 Å². The lowest BCUT2D eigenvalue weighted by atomic mass is 10.1. The Morgan fingerprint density at radius 1 is 0.871 bits per heavy atom. The van der Waals surface area contributed by atoms with Crippen LogP contribution in [0.15, 0.2) is 77.4 Å². The first kappa shape index (κ1) is 24.5. The highest BCUT2D eigenvalue weighted by Crippen LogP contribution is 2.27. The zero-order valence-corrected chi connectivity index (χ0v) is 19.8. The highest BCUT2D eigenvalue weighted by atomic mass is 16.6. The van der Waals surface area contributed by atoms with E-state index >= 15 is 0 Å². The van der Waals surface area contributed by atoms with E-state index in [4.69, 9.17) is 4.74 Å². The van der Waals surface area contributed by atoms with Crippen LogP contribution in [0.2, 0.25) is 0 Å². The fourth-order valence-corrected chi connectivity index (χ4v) is 3.50. The Bertz CT molecular complexity index is 943. The molecule has 0 N–H and O–H groups in total. The highest BCUT2D eigenvalue weighted by molar-refractivity contribution is 6.01. The molecule has 2 aromatic rings. The first-order chi connectivity index (χ1) is 14.9. The molecule has 3 nitrogen and oxygen atoms in total. The maximum absolute atomic E-state index is 12.7. The average Bonchev–Trinajstić information content (AvgIpc) is 2.74. The predicted octanol–water partition coefficient (Wildman–Crippen LogP) is 8.22. The van der Waals surface area contributed by atoms with E-state index in [0.29, 0.717) is 13.2 Å². The number of hydrogen-bond donors (Lipinski definition) is 0. The van der Waals surface area contributed by atoms with Gasteiger partial charge in [0.15, 0.2) is 0 Å². The number of hydrogen-bond acceptors (Lipinski definition) is 2. The second-order valence-corrected chi connectivity index (χ2v) is 8.27. The van der Waals surface area contributed by atoms with Crippen molar-refractivity contribution >= 4 is 22.6 Å². The van der Waals surface area contributed by atoms with Crippen molar-refractivity contribution in [3.05, 3.63) is 77.4 Å². The van der Waals surface area contributed by atoms with Gasteiger partial charge in [-0.2, -0.15) is 0 Å². The molecule has 0 fully saturated rings. The van der Waals surface area contributed by atoms with Gasteiger partial charge >= 0.3 is 6.09 Å². The molecule has 2 rings (SSSR count). The highest BCUT2D eigenvalue weighted by Gasteiger charge is 2.18. The van der Waals surface area contributed by atoms with Crippen molar-refractivity contribution < 1.29 is 9.53 Å². The molecule has 0 aliphatic carbocycles. The lowest BCUT2D eigenvalue weighted by Crippen LogP contribution is -2.32. The number of amides is 1. The lowest BCUT2D eigenvalue weighted by Gasteiger charge is -2.22. The van der Waals surface area contributed by atoms with E-state index in [9.17, 15) is 4.79 Å². The summed E-state index contributed by atoms with van der Waals surface area (Å²) in [4.78, 5) is 14.4. The fourth-order valence-electron chi connectivity index (χ4n) is 3.50. The SMILES string of the molecule is CCOC(=O)N(CC=C(C)CCC=C(C)CCC=C(C)C)c1cccc2ccccc12. The van der Waals surface area contributed by atoms with Crippen molar-refractivity contribution in [1.29, 1.82) is 0 Å². The van der Waals surface area contributed by atoms with E-state index in [1.54, 1.807) is 4.90 Å². The molecule has 166 valence electrons. The van der Waals surface area contributed by atoms with Crippen LogP contribution in [0.5, 0.6) is 0 Å². The standard InChI is InChI=1S/C28H37NO2/c1-6-31-28(30)29(27-19-11-17-25-16-7-8-18-26(25)27)21-20-24(5)15-10-14-23(4)13-9-12-22(2)3/h7-8,11-12,14,16-20H,6,9-10,13,15,21H2,1-5H3. The van der Waals surface area contributed by atoms with Crippen molar-refractivity contribution in [3.63, 3.8) is 0 Å². The Kier molecular flexibility index (Phi) is 10.1. The number of allylic oxidation sites excluding steroid dienone is 5. The molecular weight excluding hydrogens is 382 g/mol. The number of fused-ring (bicyclic) bond motifs is 1. The number of carbonyl (C=O) groups is 1. The number of anilines is 1. The molecule has 0 saturated heterocycles. The number of benzene rings is 2. The monoisotopic (exact) mass is 419 g/mol. The van der Waals surface area contributed by atoms with Crippen LogP contribution < -0.4 is 4.90 Å². The van der Waals surface area contributed by atoms with Gasteiger partial charge in [-0.1, -0.05) is 71.3 Å². The van der Waals surface area contributed by atoms with Crippen LogP contribution in [0.1, 0.15) is 60.3 Å². The molecule has 0 heterocycles. The molecule has 31 heavy (non-hydrogen) atoms. The maximum Gasteiger partial charge on any atom is 0.414 e. The summed E-state index contributed by atoms with van der Waals surface area (Å²) in [5.41, 5.74) is 4.98. The van der Waals surface area contributed by atoms with Crippen molar-refractivity contribution in [1.82, 2.24) is 0 Å². The van der Waals surface area contributed by atoms with E-state index in [1.165, 1.54) is 16.7 Å². The van der Waals surface area contributed by atoms with Crippen LogP contribution >= 0.6 is 0 Å². The van der Waals surface area contributed by atoms with Crippen LogP contribution in [0.25, 0.3) is 10.8 Å². The van der Waals surface area contributed by atoms with Crippen LogP contribution in [-0.4, -0.2) is 19.2 Å². The summed E-state index contributed by atoms with van der Waals surface area (Å²) >= 11 is 0. The molecule has 0 unspecified atom stereocenters. The molecule has 0 aliphatic heterocycles. The van der Waals surface area contributed by atoms with Gasteiger partial charge in [0, 0.05) is 11.9 Å². The third kappa shape index (κ3) is 8.09. The van der Waals surface area contributed by atoms with Gasteiger partial charge in [-0.15, -0.1) is 0 Å². The smallest absolute Gasteiger partial charge is 0.414 e. The summed E-state index contributed by atoms with van der Waals surface area (Å²) in [6, 6.07) is 14.2. The first-order valence-corrected chi connectivity index (χ1v) is 11.3. The Morgan fingerprint density at radius 3 is 2.23 bits per heavy atom. The largest absolute Gasteiger partial charge is 0.449 e. The first-order valence-electron chi connectivity index (χ1n) is 11.3. The minimum absolute atomic E-state index is 0.307. The molecule has 0 spiro atoms. The van der Waals surface area contributed by atoms with Gasteiger partial charge < -0.3 is 4.74 Å². The fraction of sp³-hybridized carbons (Fsp3) is 0.393. The Hall–Kier alpha value is -2.81. The van der Waals surface area contributed by atoms with E-state index in [2.05, 4.69) is 64.1 Å². The van der Waals surface area contributed by atoms with Crippen molar-refractivity contribution in [3.8, 4) is 0 Å². The van der Waals surface area contributed by atoms with E-state index < -0.39 is 0 Å². The van der Waals surface area contributed by atoms with E-state index in [0.717, 1.165) is 42.1 Å². The van der Waals surface area contributed by atoms with Crippen molar-refractivity contribution in [2.45, 2.75) is 60.3 Å². The number of rotatable bonds is 10. The molecule has 0 bridgehead atoms. The summed E-state index contributed by atoms with van der Waals surface area (Å²) in [6.45, 7) is 11.3. The molecule has 0 radical (unpaired) electrons. The van der Waals surface area contributed by atoms with Gasteiger partial charge in [0.05, 0.1) is 12.3 Å². The second-order valence-electron chi connectivity index (χ2n) is 8.27. The molecule has 2 aromatic carbocycles. The van der Waals surface area contributed by atoms with Crippen molar-refractivity contribution in [2.75, 3.05) is 18.1 Å². The van der Waals surface area contributed by atoms with Crippen molar-refractivity contribution in [2.24, 2.45) is 0 Å². The third-order valence-electron chi connectivity index (χ3n) is 5.29. The summed E-state index contributed by atoms with van der Waals surface area (Å²) < 4.78 is 5.35. The van der Waals surface area contributed by atoms with Gasteiger partial charge in [0.2, 0.25) is 0 Å². The van der Waals surface area contributed by atoms with Gasteiger partial charge in [-0.3, -0.25) is 4.90 Å². The maximum atomic E-state index is 12.7. The van der Waals surface area contributed by atoms with Crippen LogP contribution in [0, 0.1) is 0 Å². The molecule has 0 saturated carbocycles. The molecule has 0 aliphatic rings. The predicted molar refractivity (Wildman–Crippen MR) is 134 cm³/mol. The lowest BCUT2D eigenvalue weighted by molar-refractivity contribution is 0.160. The molecular formula is C28H37NO2. The number of ether oxygens (including phenoxy) is 1. The molecule has 1 amide bonds. The summed E-state index contributed by atoms with van der Waals surface area (Å²) in [5, 5.41) is 2.17. The van der Waals surface area contributed by atoms with Gasteiger partial charge in [-0.25, -0.2) is 4.79 Å². The molecule has 0 aromatic heterocycles. The average molecular weight is 420 g/mol. The second kappa shape index (κ2) is 12.8. The third-order valence-corrected chi connectivity index (χ3v) is 5.29. The topological polar surface area (TPSA) is 29.5 Å². The Labute approximate surface area is 188 Å².